The third kappa shape index (κ3) is 1.66. The van der Waals surface area contributed by atoms with Gasteiger partial charge in [-0.3, -0.25) is 9.36 Å². The number of rotatable bonds is 1. The Bertz CT molecular complexity index is 783. The second-order valence-corrected chi connectivity index (χ2v) is 6.22. The maximum Gasteiger partial charge on any atom is 0.272 e. The van der Waals surface area contributed by atoms with Crippen molar-refractivity contribution >= 4 is 28.1 Å². The van der Waals surface area contributed by atoms with E-state index in [0.717, 1.165) is 23.2 Å². The van der Waals surface area contributed by atoms with Crippen molar-refractivity contribution in [3.05, 3.63) is 57.9 Å². The van der Waals surface area contributed by atoms with Crippen LogP contribution in [0.4, 0.5) is 0 Å². The highest BCUT2D eigenvalue weighted by atomic mass is 32.1. The molecule has 0 radical (unpaired) electrons. The average molecular weight is 281 g/mol. The Morgan fingerprint density at radius 1 is 1.05 bits per heavy atom. The predicted octanol–water partition coefficient (Wildman–Crippen LogP) is 4.27. The second kappa shape index (κ2) is 4.60. The topological polar surface area (TPSA) is 22.0 Å². The standard InChI is InChI=1S/C17H15NOS/c19-17(16-10-5-11-20-16)18-14-8-3-1-6-12(14)13-7-2-4-9-15(13)18/h1,3,5-6,8,10-11H,2,4,7,9H2. The number of aromatic nitrogens is 1. The van der Waals surface area contributed by atoms with Crippen LogP contribution in [0.2, 0.25) is 0 Å². The maximum atomic E-state index is 12.8. The van der Waals surface area contributed by atoms with Crippen LogP contribution >= 0.6 is 11.3 Å². The third-order valence-corrected chi connectivity index (χ3v) is 4.97. The van der Waals surface area contributed by atoms with Crippen LogP contribution in [0.3, 0.4) is 0 Å². The van der Waals surface area contributed by atoms with Gasteiger partial charge in [-0.2, -0.15) is 0 Å². The van der Waals surface area contributed by atoms with E-state index in [9.17, 15) is 4.79 Å². The minimum atomic E-state index is 0.124. The van der Waals surface area contributed by atoms with Gasteiger partial charge in [0.15, 0.2) is 0 Å². The zero-order valence-corrected chi connectivity index (χ0v) is 12.0. The molecule has 2 aromatic heterocycles. The lowest BCUT2D eigenvalue weighted by Gasteiger charge is -2.14. The Hall–Kier alpha value is -1.87. The summed E-state index contributed by atoms with van der Waals surface area (Å²) in [5.41, 5.74) is 3.69. The highest BCUT2D eigenvalue weighted by Crippen LogP contribution is 2.33. The third-order valence-electron chi connectivity index (χ3n) is 4.11. The minimum absolute atomic E-state index is 0.124. The summed E-state index contributed by atoms with van der Waals surface area (Å²) in [6.07, 6.45) is 4.52. The van der Waals surface area contributed by atoms with E-state index in [1.807, 2.05) is 28.1 Å². The molecule has 0 bridgehead atoms. The highest BCUT2D eigenvalue weighted by molar-refractivity contribution is 7.12. The first-order chi connectivity index (χ1) is 9.86. The summed E-state index contributed by atoms with van der Waals surface area (Å²) in [6, 6.07) is 12.2. The van der Waals surface area contributed by atoms with Crippen LogP contribution in [0, 0.1) is 0 Å². The van der Waals surface area contributed by atoms with Crippen molar-refractivity contribution in [3.63, 3.8) is 0 Å². The van der Waals surface area contributed by atoms with E-state index < -0.39 is 0 Å². The lowest BCUT2D eigenvalue weighted by molar-refractivity contribution is 0.0965. The molecule has 3 heteroatoms. The molecule has 0 spiro atoms. The number of nitrogens with zero attached hydrogens (tertiary/aromatic N) is 1. The number of carbonyl (C=O) groups excluding carboxylic acids is 1. The first kappa shape index (κ1) is 11.9. The summed E-state index contributed by atoms with van der Waals surface area (Å²) in [4.78, 5) is 13.6. The molecule has 4 rings (SSSR count). The second-order valence-electron chi connectivity index (χ2n) is 5.27. The van der Waals surface area contributed by atoms with Gasteiger partial charge in [0.1, 0.15) is 0 Å². The fourth-order valence-corrected chi connectivity index (χ4v) is 3.89. The first-order valence-electron chi connectivity index (χ1n) is 7.05. The smallest absolute Gasteiger partial charge is 0.272 e. The Kier molecular flexibility index (Phi) is 2.74. The van der Waals surface area contributed by atoms with Gasteiger partial charge < -0.3 is 0 Å². The molecule has 0 fully saturated rings. The number of fused-ring (bicyclic) bond motifs is 3. The minimum Gasteiger partial charge on any atom is -0.279 e. The fourth-order valence-electron chi connectivity index (χ4n) is 3.24. The molecule has 100 valence electrons. The van der Waals surface area contributed by atoms with Gasteiger partial charge in [0.2, 0.25) is 0 Å². The predicted molar refractivity (Wildman–Crippen MR) is 82.6 cm³/mol. The molecule has 1 aliphatic carbocycles. The molecule has 1 aromatic carbocycles. The Balaban J connectivity index is 2.01. The SMILES string of the molecule is O=C(c1cccs1)n1c2c(c3ccccc31)CCCC2. The molecular weight excluding hydrogens is 266 g/mol. The Labute approximate surface area is 121 Å². The fraction of sp³-hybridized carbons (Fsp3) is 0.235. The van der Waals surface area contributed by atoms with Crippen molar-refractivity contribution in [1.82, 2.24) is 4.57 Å². The molecule has 2 nitrogen and oxygen atoms in total. The molecule has 0 amide bonds. The van der Waals surface area contributed by atoms with Crippen molar-refractivity contribution in [2.45, 2.75) is 25.7 Å². The molecule has 20 heavy (non-hydrogen) atoms. The monoisotopic (exact) mass is 281 g/mol. The van der Waals surface area contributed by atoms with E-state index in [0.29, 0.717) is 0 Å². The first-order valence-corrected chi connectivity index (χ1v) is 7.93. The van der Waals surface area contributed by atoms with Crippen LogP contribution in [0.25, 0.3) is 10.9 Å². The van der Waals surface area contributed by atoms with Crippen molar-refractivity contribution in [2.75, 3.05) is 0 Å². The van der Waals surface area contributed by atoms with Crippen molar-refractivity contribution < 1.29 is 4.79 Å². The quantitative estimate of drug-likeness (QED) is 0.653. The highest BCUT2D eigenvalue weighted by Gasteiger charge is 2.23. The molecule has 3 aromatic rings. The van der Waals surface area contributed by atoms with E-state index in [1.165, 1.54) is 40.8 Å². The summed E-state index contributed by atoms with van der Waals surface area (Å²) >= 11 is 1.52. The van der Waals surface area contributed by atoms with Gasteiger partial charge in [-0.15, -0.1) is 11.3 Å². The lowest BCUT2D eigenvalue weighted by Crippen LogP contribution is -2.16. The van der Waals surface area contributed by atoms with E-state index in [-0.39, 0.29) is 5.91 Å². The van der Waals surface area contributed by atoms with Crippen LogP contribution in [-0.4, -0.2) is 10.5 Å². The zero-order chi connectivity index (χ0) is 13.5. The molecule has 2 heterocycles. The molecule has 0 saturated carbocycles. The number of hydrogen-bond acceptors (Lipinski definition) is 2. The van der Waals surface area contributed by atoms with Gasteiger partial charge in [0.05, 0.1) is 10.4 Å². The van der Waals surface area contributed by atoms with Crippen LogP contribution in [0.5, 0.6) is 0 Å². The van der Waals surface area contributed by atoms with Gasteiger partial charge in [0.25, 0.3) is 5.91 Å². The van der Waals surface area contributed by atoms with E-state index in [4.69, 9.17) is 0 Å². The van der Waals surface area contributed by atoms with Gasteiger partial charge in [-0.1, -0.05) is 24.3 Å². The normalized spacial score (nSPS) is 14.4. The molecule has 0 atom stereocenters. The number of benzene rings is 1. The number of carbonyl (C=O) groups is 1. The molecule has 0 N–H and O–H groups in total. The van der Waals surface area contributed by atoms with Gasteiger partial charge in [-0.05, 0) is 48.8 Å². The van der Waals surface area contributed by atoms with Crippen LogP contribution in [0.15, 0.2) is 41.8 Å². The van der Waals surface area contributed by atoms with Crippen molar-refractivity contribution in [2.24, 2.45) is 0 Å². The Morgan fingerprint density at radius 2 is 1.90 bits per heavy atom. The van der Waals surface area contributed by atoms with E-state index in [2.05, 4.69) is 18.2 Å². The van der Waals surface area contributed by atoms with E-state index >= 15 is 0 Å². The van der Waals surface area contributed by atoms with Gasteiger partial charge in [-0.25, -0.2) is 0 Å². The number of para-hydroxylation sites is 1. The summed E-state index contributed by atoms with van der Waals surface area (Å²) in [7, 11) is 0. The summed E-state index contributed by atoms with van der Waals surface area (Å²) in [5.74, 6) is 0.124. The van der Waals surface area contributed by atoms with Crippen LogP contribution in [-0.2, 0) is 12.8 Å². The zero-order valence-electron chi connectivity index (χ0n) is 11.1. The van der Waals surface area contributed by atoms with E-state index in [1.54, 1.807) is 0 Å². The molecule has 1 aliphatic rings. The molecule has 0 aliphatic heterocycles. The molecule has 0 unspecified atom stereocenters. The molecule has 0 saturated heterocycles. The largest absolute Gasteiger partial charge is 0.279 e. The maximum absolute atomic E-state index is 12.8. The van der Waals surface area contributed by atoms with Crippen LogP contribution < -0.4 is 0 Å². The van der Waals surface area contributed by atoms with Gasteiger partial charge >= 0.3 is 0 Å². The summed E-state index contributed by atoms with van der Waals surface area (Å²) in [5, 5.41) is 3.22. The molecular formula is C17H15NOS. The lowest BCUT2D eigenvalue weighted by atomic mass is 9.95. The van der Waals surface area contributed by atoms with Gasteiger partial charge in [0, 0.05) is 11.1 Å². The summed E-state index contributed by atoms with van der Waals surface area (Å²) < 4.78 is 1.95. The van der Waals surface area contributed by atoms with Crippen molar-refractivity contribution in [3.8, 4) is 0 Å². The number of aryl methyl sites for hydroxylation is 1. The number of thiophene rings is 1. The Morgan fingerprint density at radius 3 is 2.75 bits per heavy atom. The van der Waals surface area contributed by atoms with Crippen LogP contribution in [0.1, 0.15) is 33.8 Å². The number of hydrogen-bond donors (Lipinski definition) is 0. The summed E-state index contributed by atoms with van der Waals surface area (Å²) in [6.45, 7) is 0. The average Bonchev–Trinajstić information content (AvgIpc) is 3.13. The van der Waals surface area contributed by atoms with Crippen molar-refractivity contribution in [1.29, 1.82) is 0 Å².